The van der Waals surface area contributed by atoms with Gasteiger partial charge in [-0.2, -0.15) is 0 Å². The molecule has 5 rings (SSSR count). The van der Waals surface area contributed by atoms with E-state index in [1.807, 2.05) is 55.5 Å². The molecule has 0 unspecified atom stereocenters. The molecule has 2 aromatic heterocycles. The first-order chi connectivity index (χ1) is 12.7. The fraction of sp³-hybridized carbons (Fsp3) is 0.143. The van der Waals surface area contributed by atoms with E-state index in [9.17, 15) is 0 Å². The molecule has 3 heterocycles. The van der Waals surface area contributed by atoms with Crippen molar-refractivity contribution in [1.29, 1.82) is 0 Å². The number of aryl methyl sites for hydroxylation is 1. The second-order valence-corrected chi connectivity index (χ2v) is 6.74. The van der Waals surface area contributed by atoms with E-state index in [4.69, 9.17) is 25.7 Å². The van der Waals surface area contributed by atoms with Crippen LogP contribution in [-0.4, -0.2) is 16.6 Å². The number of nitrogens with zero attached hydrogens (tertiary/aromatic N) is 2. The molecule has 5 heteroatoms. The molecule has 0 saturated heterocycles. The Balaban J connectivity index is 1.77. The molecular weight excluding hydrogens is 348 g/mol. The summed E-state index contributed by atoms with van der Waals surface area (Å²) in [5, 5.41) is 1.39. The molecule has 0 amide bonds. The lowest BCUT2D eigenvalue weighted by molar-refractivity contribution is 0.327. The summed E-state index contributed by atoms with van der Waals surface area (Å²) in [6.07, 6.45) is 0.640. The number of fused-ring (bicyclic) bond motifs is 5. The van der Waals surface area contributed by atoms with Gasteiger partial charge in [-0.15, -0.1) is 0 Å². The van der Waals surface area contributed by atoms with E-state index in [0.29, 0.717) is 35.5 Å². The zero-order valence-corrected chi connectivity index (χ0v) is 14.9. The molecule has 1 aliphatic heterocycles. The quantitative estimate of drug-likeness (QED) is 0.422. The highest BCUT2D eigenvalue weighted by Gasteiger charge is 2.27. The lowest BCUT2D eigenvalue weighted by atomic mass is 10.1. The zero-order chi connectivity index (χ0) is 17.7. The molecular formula is C21H15ClN2O2. The number of halogens is 1. The molecule has 0 fully saturated rings. The number of furan rings is 1. The first-order valence-electron chi connectivity index (χ1n) is 8.49. The van der Waals surface area contributed by atoms with E-state index in [0.717, 1.165) is 27.8 Å². The highest BCUT2D eigenvalue weighted by molar-refractivity contribution is 6.30. The van der Waals surface area contributed by atoms with E-state index in [-0.39, 0.29) is 0 Å². The van der Waals surface area contributed by atoms with Crippen LogP contribution >= 0.6 is 11.6 Å². The van der Waals surface area contributed by atoms with Crippen molar-refractivity contribution in [1.82, 2.24) is 9.97 Å². The normalized spacial score (nSPS) is 13.0. The Bertz CT molecular complexity index is 1130. The van der Waals surface area contributed by atoms with Crippen molar-refractivity contribution in [2.45, 2.75) is 13.3 Å². The van der Waals surface area contributed by atoms with E-state index >= 15 is 0 Å². The molecule has 0 N–H and O–H groups in total. The molecule has 1 aliphatic rings. The first-order valence-corrected chi connectivity index (χ1v) is 8.86. The van der Waals surface area contributed by atoms with Gasteiger partial charge >= 0.3 is 0 Å². The molecule has 0 bridgehead atoms. The average molecular weight is 363 g/mol. The van der Waals surface area contributed by atoms with Crippen LogP contribution in [0.25, 0.3) is 33.8 Å². The number of aromatic nitrogens is 2. The van der Waals surface area contributed by atoms with Gasteiger partial charge in [-0.3, -0.25) is 0 Å². The molecule has 2 aromatic carbocycles. The minimum atomic E-state index is 0.447. The van der Waals surface area contributed by atoms with Gasteiger partial charge in [0.2, 0.25) is 0 Å². The van der Waals surface area contributed by atoms with Gasteiger partial charge in [-0.1, -0.05) is 53.6 Å². The summed E-state index contributed by atoms with van der Waals surface area (Å²) in [6, 6.07) is 15.9. The van der Waals surface area contributed by atoms with Crippen molar-refractivity contribution in [3.8, 4) is 28.6 Å². The van der Waals surface area contributed by atoms with Gasteiger partial charge in [0.15, 0.2) is 17.3 Å². The topological polar surface area (TPSA) is 48.2 Å². The maximum absolute atomic E-state index is 6.52. The highest BCUT2D eigenvalue weighted by atomic mass is 35.5. The predicted octanol–water partition coefficient (Wildman–Crippen LogP) is 5.45. The average Bonchev–Trinajstić information content (AvgIpc) is 2.92. The molecule has 0 radical (unpaired) electrons. The summed E-state index contributed by atoms with van der Waals surface area (Å²) >= 11 is 6.52. The maximum atomic E-state index is 6.52. The maximum Gasteiger partial charge on any atom is 0.196 e. The summed E-state index contributed by atoms with van der Waals surface area (Å²) in [4.78, 5) is 9.31. The second kappa shape index (κ2) is 5.85. The van der Waals surface area contributed by atoms with Crippen LogP contribution in [0.4, 0.5) is 0 Å². The smallest absolute Gasteiger partial charge is 0.196 e. The molecule has 4 nitrogen and oxygen atoms in total. The second-order valence-electron chi connectivity index (χ2n) is 6.39. The molecule has 0 spiro atoms. The number of rotatable bonds is 1. The van der Waals surface area contributed by atoms with Gasteiger partial charge in [-0.25, -0.2) is 9.97 Å². The summed E-state index contributed by atoms with van der Waals surface area (Å²) in [6.45, 7) is 2.56. The molecule has 0 saturated carbocycles. The third kappa shape index (κ3) is 2.37. The number of ether oxygens (including phenoxy) is 1. The lowest BCUT2D eigenvalue weighted by Gasteiger charge is -2.08. The molecule has 128 valence electrons. The van der Waals surface area contributed by atoms with Crippen molar-refractivity contribution < 1.29 is 9.15 Å². The third-order valence-electron chi connectivity index (χ3n) is 4.63. The highest BCUT2D eigenvalue weighted by Crippen LogP contribution is 2.43. The monoisotopic (exact) mass is 362 g/mol. The molecule has 4 aromatic rings. The van der Waals surface area contributed by atoms with Crippen LogP contribution in [0.3, 0.4) is 0 Å². The predicted molar refractivity (Wildman–Crippen MR) is 102 cm³/mol. The molecule has 0 atom stereocenters. The van der Waals surface area contributed by atoms with Gasteiger partial charge in [0.1, 0.15) is 16.4 Å². The van der Waals surface area contributed by atoms with Crippen LogP contribution in [0.5, 0.6) is 5.75 Å². The SMILES string of the molecule is Cc1ccc(-c2nc(Cl)c3c(n2)-c2oc4ccccc4c2OCC3)cc1. The standard InChI is InChI=1S/C21H15ClN2O2/c1-12-6-8-13(9-7-12)21-23-17-15(20(22)24-21)10-11-25-18-14-4-2-3-5-16(14)26-19(17)18/h2-9H,10-11H2,1H3. The van der Waals surface area contributed by atoms with E-state index < -0.39 is 0 Å². The number of para-hydroxylation sites is 1. The molecule has 0 aliphatic carbocycles. The Hall–Kier alpha value is -2.85. The lowest BCUT2D eigenvalue weighted by Crippen LogP contribution is -2.02. The van der Waals surface area contributed by atoms with Crippen LogP contribution in [-0.2, 0) is 6.42 Å². The van der Waals surface area contributed by atoms with Gasteiger partial charge < -0.3 is 9.15 Å². The fourth-order valence-electron chi connectivity index (χ4n) is 3.27. The Labute approximate surface area is 155 Å². The van der Waals surface area contributed by atoms with Crippen molar-refractivity contribution >= 4 is 22.6 Å². The van der Waals surface area contributed by atoms with Crippen molar-refractivity contribution in [3.05, 3.63) is 64.8 Å². The number of benzene rings is 2. The van der Waals surface area contributed by atoms with Crippen LogP contribution in [0, 0.1) is 6.92 Å². The molecule has 26 heavy (non-hydrogen) atoms. The van der Waals surface area contributed by atoms with Crippen molar-refractivity contribution in [2.75, 3.05) is 6.61 Å². The minimum Gasteiger partial charge on any atom is -0.488 e. The van der Waals surface area contributed by atoms with E-state index in [1.165, 1.54) is 5.56 Å². The number of hydrogen-bond acceptors (Lipinski definition) is 4. The third-order valence-corrected chi connectivity index (χ3v) is 4.94. The summed E-state index contributed by atoms with van der Waals surface area (Å²) in [5.74, 6) is 1.93. The minimum absolute atomic E-state index is 0.447. The largest absolute Gasteiger partial charge is 0.488 e. The van der Waals surface area contributed by atoms with Crippen molar-refractivity contribution in [3.63, 3.8) is 0 Å². The van der Waals surface area contributed by atoms with Crippen LogP contribution < -0.4 is 4.74 Å². The number of hydrogen-bond donors (Lipinski definition) is 0. The summed E-state index contributed by atoms with van der Waals surface area (Å²) < 4.78 is 12.1. The van der Waals surface area contributed by atoms with Crippen LogP contribution in [0.15, 0.2) is 52.9 Å². The zero-order valence-electron chi connectivity index (χ0n) is 14.1. The fourth-order valence-corrected chi connectivity index (χ4v) is 3.54. The Morgan fingerprint density at radius 1 is 1.00 bits per heavy atom. The van der Waals surface area contributed by atoms with E-state index in [1.54, 1.807) is 0 Å². The van der Waals surface area contributed by atoms with Gasteiger partial charge in [0, 0.05) is 17.5 Å². The van der Waals surface area contributed by atoms with E-state index in [2.05, 4.69) is 4.98 Å². The summed E-state index contributed by atoms with van der Waals surface area (Å²) in [5.41, 5.74) is 4.45. The Kier molecular flexibility index (Phi) is 3.47. The van der Waals surface area contributed by atoms with Gasteiger partial charge in [0.05, 0.1) is 12.0 Å². The van der Waals surface area contributed by atoms with Crippen LogP contribution in [0.2, 0.25) is 5.15 Å². The van der Waals surface area contributed by atoms with Crippen LogP contribution in [0.1, 0.15) is 11.1 Å². The van der Waals surface area contributed by atoms with Crippen molar-refractivity contribution in [2.24, 2.45) is 0 Å². The van der Waals surface area contributed by atoms with Gasteiger partial charge in [-0.05, 0) is 19.1 Å². The Morgan fingerprint density at radius 2 is 1.81 bits per heavy atom. The Morgan fingerprint density at radius 3 is 2.65 bits per heavy atom. The van der Waals surface area contributed by atoms with Gasteiger partial charge in [0.25, 0.3) is 0 Å². The first kappa shape index (κ1) is 15.4. The summed E-state index contributed by atoms with van der Waals surface area (Å²) in [7, 11) is 0.